The summed E-state index contributed by atoms with van der Waals surface area (Å²) in [6, 6.07) is 11.6. The predicted molar refractivity (Wildman–Crippen MR) is 81.3 cm³/mol. The maximum atomic E-state index is 12.3. The van der Waals surface area contributed by atoms with Crippen LogP contribution in [0.4, 0.5) is 5.69 Å². The molecule has 2 aromatic rings. The van der Waals surface area contributed by atoms with Crippen LogP contribution in [0.15, 0.2) is 47.4 Å². The van der Waals surface area contributed by atoms with Crippen LogP contribution in [0, 0.1) is 6.92 Å². The third kappa shape index (κ3) is 3.30. The van der Waals surface area contributed by atoms with E-state index in [1.54, 1.807) is 12.1 Å². The van der Waals surface area contributed by atoms with Crippen LogP contribution in [0.2, 0.25) is 5.02 Å². The number of nitrogens with one attached hydrogen (secondary N) is 1. The molecule has 2 rings (SSSR count). The summed E-state index contributed by atoms with van der Waals surface area (Å²) in [5.74, 6) is 0. The monoisotopic (exact) mass is 310 g/mol. The molecule has 0 aliphatic rings. The van der Waals surface area contributed by atoms with Crippen LogP contribution in [0.5, 0.6) is 0 Å². The Morgan fingerprint density at radius 3 is 2.40 bits per heavy atom. The fourth-order valence-corrected chi connectivity index (χ4v) is 3.01. The van der Waals surface area contributed by atoms with E-state index in [9.17, 15) is 8.42 Å². The molecule has 20 heavy (non-hydrogen) atoms. The van der Waals surface area contributed by atoms with Gasteiger partial charge in [0.05, 0.1) is 4.90 Å². The molecule has 0 aliphatic carbocycles. The Labute approximate surface area is 123 Å². The van der Waals surface area contributed by atoms with Gasteiger partial charge in [0.15, 0.2) is 0 Å². The van der Waals surface area contributed by atoms with E-state index in [1.807, 2.05) is 19.1 Å². The summed E-state index contributed by atoms with van der Waals surface area (Å²) in [6.07, 6.45) is 0. The number of anilines is 1. The minimum atomic E-state index is -3.64. The van der Waals surface area contributed by atoms with Crippen molar-refractivity contribution in [3.63, 3.8) is 0 Å². The Kier molecular flexibility index (Phi) is 4.32. The minimum absolute atomic E-state index is 0.142. The van der Waals surface area contributed by atoms with Gasteiger partial charge in [0.2, 0.25) is 0 Å². The first-order valence-electron chi connectivity index (χ1n) is 6.00. The molecule has 0 aromatic heterocycles. The highest BCUT2D eigenvalue weighted by molar-refractivity contribution is 7.92. The molecule has 3 N–H and O–H groups in total. The summed E-state index contributed by atoms with van der Waals surface area (Å²) < 4.78 is 27.1. The summed E-state index contributed by atoms with van der Waals surface area (Å²) in [6.45, 7) is 2.12. The Morgan fingerprint density at radius 1 is 1.15 bits per heavy atom. The van der Waals surface area contributed by atoms with Crippen molar-refractivity contribution in [2.75, 3.05) is 4.72 Å². The molecule has 0 saturated heterocycles. The van der Waals surface area contributed by atoms with Gasteiger partial charge in [-0.3, -0.25) is 4.72 Å². The zero-order chi connectivity index (χ0) is 14.8. The number of hydrogen-bond acceptors (Lipinski definition) is 3. The molecule has 0 saturated carbocycles. The maximum absolute atomic E-state index is 12.3. The molecule has 106 valence electrons. The van der Waals surface area contributed by atoms with E-state index in [4.69, 9.17) is 17.3 Å². The minimum Gasteiger partial charge on any atom is -0.326 e. The summed E-state index contributed by atoms with van der Waals surface area (Å²) in [5, 5.41) is 0.460. The molecular weight excluding hydrogens is 296 g/mol. The van der Waals surface area contributed by atoms with Crippen molar-refractivity contribution < 1.29 is 8.42 Å². The van der Waals surface area contributed by atoms with Crippen LogP contribution in [-0.4, -0.2) is 8.42 Å². The van der Waals surface area contributed by atoms with Crippen molar-refractivity contribution >= 4 is 27.3 Å². The van der Waals surface area contributed by atoms with Crippen LogP contribution >= 0.6 is 11.6 Å². The van der Waals surface area contributed by atoms with Crippen molar-refractivity contribution in [3.05, 3.63) is 58.6 Å². The van der Waals surface area contributed by atoms with Gasteiger partial charge >= 0.3 is 0 Å². The van der Waals surface area contributed by atoms with Crippen LogP contribution in [-0.2, 0) is 16.6 Å². The first-order valence-corrected chi connectivity index (χ1v) is 7.86. The first kappa shape index (κ1) is 14.8. The molecule has 0 unspecified atom stereocenters. The molecule has 6 heteroatoms. The average Bonchev–Trinajstić information content (AvgIpc) is 2.41. The van der Waals surface area contributed by atoms with Crippen molar-refractivity contribution in [1.29, 1.82) is 0 Å². The number of hydrogen-bond donors (Lipinski definition) is 2. The summed E-state index contributed by atoms with van der Waals surface area (Å²) in [4.78, 5) is 0.142. The average molecular weight is 311 g/mol. The smallest absolute Gasteiger partial charge is 0.261 e. The molecule has 0 bridgehead atoms. The fraction of sp³-hybridized carbons (Fsp3) is 0.143. The van der Waals surface area contributed by atoms with E-state index in [0.29, 0.717) is 16.3 Å². The number of sulfonamides is 1. The topological polar surface area (TPSA) is 72.2 Å². The molecule has 0 spiro atoms. The third-order valence-corrected chi connectivity index (χ3v) is 4.60. The summed E-state index contributed by atoms with van der Waals surface area (Å²) in [5.41, 5.74) is 7.70. The van der Waals surface area contributed by atoms with Gasteiger partial charge in [-0.2, -0.15) is 0 Å². The Hall–Kier alpha value is -1.56. The van der Waals surface area contributed by atoms with E-state index < -0.39 is 10.0 Å². The van der Waals surface area contributed by atoms with Gasteiger partial charge in [-0.25, -0.2) is 8.42 Å². The number of halogens is 1. The predicted octanol–water partition coefficient (Wildman–Crippen LogP) is 2.91. The SMILES string of the molecule is Cc1ccc(NS(=O)(=O)c2ccc(Cl)c(CN)c2)cc1. The second-order valence-electron chi connectivity index (χ2n) is 4.43. The lowest BCUT2D eigenvalue weighted by molar-refractivity contribution is 0.601. The van der Waals surface area contributed by atoms with E-state index in [1.165, 1.54) is 18.2 Å². The van der Waals surface area contributed by atoms with E-state index in [0.717, 1.165) is 5.56 Å². The van der Waals surface area contributed by atoms with Gasteiger partial charge in [-0.05, 0) is 42.8 Å². The lowest BCUT2D eigenvalue weighted by Gasteiger charge is -2.10. The van der Waals surface area contributed by atoms with Crippen molar-refractivity contribution in [2.45, 2.75) is 18.4 Å². The lowest BCUT2D eigenvalue weighted by Crippen LogP contribution is -2.13. The summed E-state index contributed by atoms with van der Waals surface area (Å²) >= 11 is 5.93. The normalized spacial score (nSPS) is 11.3. The quantitative estimate of drug-likeness (QED) is 0.912. The van der Waals surface area contributed by atoms with Crippen LogP contribution in [0.1, 0.15) is 11.1 Å². The Morgan fingerprint density at radius 2 is 1.80 bits per heavy atom. The van der Waals surface area contributed by atoms with Gasteiger partial charge in [0.25, 0.3) is 10.0 Å². The Bertz CT molecular complexity index is 712. The largest absolute Gasteiger partial charge is 0.326 e. The molecule has 0 aliphatic heterocycles. The number of nitrogens with two attached hydrogens (primary N) is 1. The molecule has 2 aromatic carbocycles. The molecule has 4 nitrogen and oxygen atoms in total. The van der Waals surface area contributed by atoms with Gasteiger partial charge in [0, 0.05) is 17.3 Å². The molecule has 0 atom stereocenters. The van der Waals surface area contributed by atoms with Crippen LogP contribution in [0.25, 0.3) is 0 Å². The summed E-state index contributed by atoms with van der Waals surface area (Å²) in [7, 11) is -3.64. The van der Waals surface area contributed by atoms with E-state index in [2.05, 4.69) is 4.72 Å². The third-order valence-electron chi connectivity index (χ3n) is 2.85. The highest BCUT2D eigenvalue weighted by Crippen LogP contribution is 2.22. The zero-order valence-corrected chi connectivity index (χ0v) is 12.5. The molecule has 0 radical (unpaired) electrons. The van der Waals surface area contributed by atoms with Crippen LogP contribution < -0.4 is 10.5 Å². The van der Waals surface area contributed by atoms with Crippen LogP contribution in [0.3, 0.4) is 0 Å². The van der Waals surface area contributed by atoms with E-state index in [-0.39, 0.29) is 11.4 Å². The van der Waals surface area contributed by atoms with Crippen molar-refractivity contribution in [1.82, 2.24) is 0 Å². The molecule has 0 heterocycles. The highest BCUT2D eigenvalue weighted by Gasteiger charge is 2.15. The van der Waals surface area contributed by atoms with Gasteiger partial charge < -0.3 is 5.73 Å². The molecule has 0 fully saturated rings. The first-order chi connectivity index (χ1) is 9.42. The lowest BCUT2D eigenvalue weighted by atomic mass is 10.2. The highest BCUT2D eigenvalue weighted by atomic mass is 35.5. The van der Waals surface area contributed by atoms with Crippen molar-refractivity contribution in [2.24, 2.45) is 5.73 Å². The number of benzene rings is 2. The molecular formula is C14H15ClN2O2S. The second-order valence-corrected chi connectivity index (χ2v) is 6.52. The van der Waals surface area contributed by atoms with Gasteiger partial charge in [0.1, 0.15) is 0 Å². The van der Waals surface area contributed by atoms with E-state index >= 15 is 0 Å². The number of aryl methyl sites for hydroxylation is 1. The van der Waals surface area contributed by atoms with Gasteiger partial charge in [-0.1, -0.05) is 29.3 Å². The Balaban J connectivity index is 2.33. The van der Waals surface area contributed by atoms with Crippen molar-refractivity contribution in [3.8, 4) is 0 Å². The van der Waals surface area contributed by atoms with Gasteiger partial charge in [-0.15, -0.1) is 0 Å². The maximum Gasteiger partial charge on any atom is 0.261 e. The number of rotatable bonds is 4. The standard InChI is InChI=1S/C14H15ClN2O2S/c1-10-2-4-12(5-3-10)17-20(18,19)13-6-7-14(15)11(8-13)9-16/h2-8,17H,9,16H2,1H3. The molecule has 0 amide bonds. The second kappa shape index (κ2) is 5.83. The fourth-order valence-electron chi connectivity index (χ4n) is 1.71. The zero-order valence-electron chi connectivity index (χ0n) is 10.9.